The van der Waals surface area contributed by atoms with Crippen LogP contribution in [0.15, 0.2) is 0 Å². The molecule has 6 atom stereocenters. The van der Waals surface area contributed by atoms with Gasteiger partial charge in [0.2, 0.25) is 0 Å². The molecule has 0 aromatic heterocycles. The summed E-state index contributed by atoms with van der Waals surface area (Å²) in [5, 5.41) is 10.6. The quantitative estimate of drug-likeness (QED) is 0.0222. The molecule has 0 amide bonds. The highest BCUT2D eigenvalue weighted by Crippen LogP contribution is 2.45. The molecule has 564 valence electrons. The number of ether oxygens (including phenoxy) is 4. The molecule has 0 radical (unpaired) electrons. The van der Waals surface area contributed by atoms with Crippen LogP contribution < -0.4 is 0 Å². The summed E-state index contributed by atoms with van der Waals surface area (Å²) in [6.45, 7) is 9.57. The lowest BCUT2D eigenvalue weighted by molar-refractivity contribution is -0.161. The Kier molecular flexibility index (Phi) is 66.5. The van der Waals surface area contributed by atoms with Crippen LogP contribution in [0.3, 0.4) is 0 Å². The van der Waals surface area contributed by atoms with Crippen LogP contribution in [0.2, 0.25) is 0 Å². The number of aliphatic hydroxyl groups excluding tert-OH is 1. The summed E-state index contributed by atoms with van der Waals surface area (Å²) in [4.78, 5) is 72.8. The van der Waals surface area contributed by atoms with Crippen molar-refractivity contribution in [2.75, 3.05) is 39.6 Å². The van der Waals surface area contributed by atoms with E-state index in [4.69, 9.17) is 37.0 Å². The Balaban J connectivity index is 5.21. The fraction of sp³-hybridized carbons (Fsp3) is 0.947. The molecule has 0 aliphatic heterocycles. The van der Waals surface area contributed by atoms with E-state index in [1.807, 2.05) is 0 Å². The number of hydrogen-bond donors (Lipinski definition) is 3. The predicted molar refractivity (Wildman–Crippen MR) is 386 cm³/mol. The first-order valence-electron chi connectivity index (χ1n) is 39.5. The number of phosphoric acid groups is 2. The van der Waals surface area contributed by atoms with Crippen LogP contribution in [0, 0.1) is 11.8 Å². The Labute approximate surface area is 581 Å². The lowest BCUT2D eigenvalue weighted by Crippen LogP contribution is -2.30. The van der Waals surface area contributed by atoms with Crippen LogP contribution in [0.5, 0.6) is 0 Å². The molecule has 0 aromatic carbocycles. The van der Waals surface area contributed by atoms with Crippen LogP contribution in [0.1, 0.15) is 395 Å². The van der Waals surface area contributed by atoms with Gasteiger partial charge in [0.05, 0.1) is 26.4 Å². The van der Waals surface area contributed by atoms with Crippen LogP contribution >= 0.6 is 15.6 Å². The van der Waals surface area contributed by atoms with Gasteiger partial charge in [0.25, 0.3) is 0 Å². The van der Waals surface area contributed by atoms with Crippen molar-refractivity contribution in [3.05, 3.63) is 0 Å². The molecular formula is C76H148O17P2. The zero-order valence-corrected chi connectivity index (χ0v) is 63.8. The fourth-order valence-electron chi connectivity index (χ4n) is 11.6. The molecular weight excluding hydrogens is 1250 g/mol. The second kappa shape index (κ2) is 67.9. The predicted octanol–water partition coefficient (Wildman–Crippen LogP) is 22.3. The van der Waals surface area contributed by atoms with Gasteiger partial charge in [-0.1, -0.05) is 343 Å². The van der Waals surface area contributed by atoms with Crippen molar-refractivity contribution in [1.29, 1.82) is 0 Å². The van der Waals surface area contributed by atoms with Gasteiger partial charge in [-0.15, -0.1) is 0 Å². The van der Waals surface area contributed by atoms with Gasteiger partial charge in [-0.25, -0.2) is 9.13 Å². The van der Waals surface area contributed by atoms with Crippen molar-refractivity contribution in [3.8, 4) is 0 Å². The number of esters is 4. The minimum Gasteiger partial charge on any atom is -0.462 e. The standard InChI is InChI=1S/C76H148O17P2/c1-7-10-12-14-16-18-20-21-22-23-24-25-26-27-28-29-35-42-48-54-60-75(80)92-71(64-87-74(79)59-53-47-41-34-31-30-32-39-45-51-57-69(6)9-3)66-90-94(82,83)88-62-70(77)63-89-95(84,85)91-67-72(65-86-73(78)58-52-46-40-33-19-17-15-13-11-8-2)93-76(81)61-55-49-43-37-36-38-44-50-56-68(4)5/h68-72,77H,7-67H2,1-6H3,(H,82,83)(H,84,85)/t69?,70-,71-,72-/m1/s1. The number of rotatable bonds is 75. The molecule has 0 heterocycles. The lowest BCUT2D eigenvalue weighted by Gasteiger charge is -2.21. The maximum Gasteiger partial charge on any atom is 0.472 e. The average molecular weight is 1400 g/mol. The van der Waals surface area contributed by atoms with Gasteiger partial charge in [-0.05, 0) is 37.5 Å². The van der Waals surface area contributed by atoms with E-state index in [0.717, 1.165) is 102 Å². The summed E-state index contributed by atoms with van der Waals surface area (Å²) in [7, 11) is -9.91. The van der Waals surface area contributed by atoms with Gasteiger partial charge in [0.1, 0.15) is 19.3 Å². The van der Waals surface area contributed by atoms with Crippen LogP contribution in [0.4, 0.5) is 0 Å². The van der Waals surface area contributed by atoms with Gasteiger partial charge in [0, 0.05) is 25.7 Å². The molecule has 0 aromatic rings. The summed E-state index contributed by atoms with van der Waals surface area (Å²) in [5.41, 5.74) is 0. The highest BCUT2D eigenvalue weighted by molar-refractivity contribution is 7.47. The van der Waals surface area contributed by atoms with E-state index >= 15 is 0 Å². The molecule has 0 aliphatic rings. The maximum absolute atomic E-state index is 13.1. The third-order valence-electron chi connectivity index (χ3n) is 18.1. The second-order valence-electron chi connectivity index (χ2n) is 28.1. The van der Waals surface area contributed by atoms with Crippen LogP contribution in [-0.4, -0.2) is 96.7 Å². The van der Waals surface area contributed by atoms with E-state index in [1.165, 1.54) is 212 Å². The number of carbonyl (C=O) groups is 4. The van der Waals surface area contributed by atoms with E-state index in [9.17, 15) is 43.2 Å². The smallest absolute Gasteiger partial charge is 0.462 e. The first-order valence-corrected chi connectivity index (χ1v) is 42.5. The Morgan fingerprint density at radius 1 is 0.305 bits per heavy atom. The summed E-state index contributed by atoms with van der Waals surface area (Å²) in [5.74, 6) is -0.590. The molecule has 0 saturated carbocycles. The fourth-order valence-corrected chi connectivity index (χ4v) is 13.2. The first kappa shape index (κ1) is 93.1. The minimum absolute atomic E-state index is 0.105. The van der Waals surface area contributed by atoms with Gasteiger partial charge in [-0.2, -0.15) is 0 Å². The average Bonchev–Trinajstić information content (AvgIpc) is 2.50. The Morgan fingerprint density at radius 2 is 0.537 bits per heavy atom. The molecule has 19 heteroatoms. The van der Waals surface area contributed by atoms with E-state index in [1.54, 1.807) is 0 Å². The first-order chi connectivity index (χ1) is 45.9. The molecule has 0 bridgehead atoms. The largest absolute Gasteiger partial charge is 0.472 e. The zero-order valence-electron chi connectivity index (χ0n) is 62.0. The summed E-state index contributed by atoms with van der Waals surface area (Å²) in [6.07, 6.45) is 55.5. The normalized spacial score (nSPS) is 14.3. The second-order valence-corrected chi connectivity index (χ2v) is 31.0. The van der Waals surface area contributed by atoms with Gasteiger partial charge < -0.3 is 33.8 Å². The van der Waals surface area contributed by atoms with Gasteiger partial charge in [-0.3, -0.25) is 37.3 Å². The summed E-state index contributed by atoms with van der Waals surface area (Å²) in [6, 6.07) is 0. The summed E-state index contributed by atoms with van der Waals surface area (Å²) < 4.78 is 68.5. The lowest BCUT2D eigenvalue weighted by atomic mass is 9.99. The number of carbonyl (C=O) groups excluding carboxylic acids is 4. The third-order valence-corrected chi connectivity index (χ3v) is 20.0. The van der Waals surface area contributed by atoms with Crippen molar-refractivity contribution in [2.45, 2.75) is 413 Å². The highest BCUT2D eigenvalue weighted by atomic mass is 31.2. The van der Waals surface area contributed by atoms with Crippen molar-refractivity contribution < 1.29 is 80.2 Å². The number of aliphatic hydroxyl groups is 1. The zero-order chi connectivity index (χ0) is 70.0. The molecule has 17 nitrogen and oxygen atoms in total. The molecule has 0 saturated heterocycles. The van der Waals surface area contributed by atoms with Gasteiger partial charge in [0.15, 0.2) is 12.2 Å². The monoisotopic (exact) mass is 1400 g/mol. The Morgan fingerprint density at radius 3 is 0.800 bits per heavy atom. The van der Waals surface area contributed by atoms with E-state index in [-0.39, 0.29) is 25.7 Å². The van der Waals surface area contributed by atoms with E-state index in [0.29, 0.717) is 25.7 Å². The van der Waals surface area contributed by atoms with Crippen molar-refractivity contribution >= 4 is 39.5 Å². The molecule has 0 aliphatic carbocycles. The van der Waals surface area contributed by atoms with Crippen molar-refractivity contribution in [3.63, 3.8) is 0 Å². The number of phosphoric ester groups is 2. The van der Waals surface area contributed by atoms with E-state index < -0.39 is 97.5 Å². The maximum atomic E-state index is 13.1. The Bertz CT molecular complexity index is 1840. The Hall–Kier alpha value is -1.94. The van der Waals surface area contributed by atoms with E-state index in [2.05, 4.69) is 41.5 Å². The number of hydrogen-bond acceptors (Lipinski definition) is 15. The molecule has 0 rings (SSSR count). The topological polar surface area (TPSA) is 237 Å². The molecule has 0 fully saturated rings. The van der Waals surface area contributed by atoms with Crippen LogP contribution in [-0.2, 0) is 65.4 Å². The SMILES string of the molecule is CCCCCCCCCCCCCCCCCCCCCCC(=O)O[C@H](COC(=O)CCCCCCCCCCCCC(C)CC)COP(=O)(O)OC[C@@H](O)COP(=O)(O)OC[C@@H](COC(=O)CCCCCCCCCCCC)OC(=O)CCCCCCCCCCC(C)C. The van der Waals surface area contributed by atoms with Crippen molar-refractivity contribution in [1.82, 2.24) is 0 Å². The highest BCUT2D eigenvalue weighted by Gasteiger charge is 2.30. The minimum atomic E-state index is -4.96. The molecule has 3 N–H and O–H groups in total. The molecule has 3 unspecified atom stereocenters. The van der Waals surface area contributed by atoms with Gasteiger partial charge >= 0.3 is 39.5 Å². The summed E-state index contributed by atoms with van der Waals surface area (Å²) >= 11 is 0. The number of unbranched alkanes of at least 4 members (excludes halogenated alkanes) is 44. The van der Waals surface area contributed by atoms with Crippen molar-refractivity contribution in [2.24, 2.45) is 11.8 Å². The van der Waals surface area contributed by atoms with Crippen LogP contribution in [0.25, 0.3) is 0 Å². The third kappa shape index (κ3) is 69.0. The molecule has 95 heavy (non-hydrogen) atoms. The molecule has 0 spiro atoms.